The van der Waals surface area contributed by atoms with Gasteiger partial charge in [0.1, 0.15) is 17.7 Å². The summed E-state index contributed by atoms with van der Waals surface area (Å²) in [5.41, 5.74) is 1.85. The summed E-state index contributed by atoms with van der Waals surface area (Å²) in [5.74, 6) is 0.855. The first-order valence-corrected chi connectivity index (χ1v) is 5.52. The number of aromatic nitrogens is 1. The van der Waals surface area contributed by atoms with Crippen LogP contribution in [0.3, 0.4) is 0 Å². The predicted molar refractivity (Wildman–Crippen MR) is 63.9 cm³/mol. The Morgan fingerprint density at radius 3 is 2.59 bits per heavy atom. The molecule has 0 saturated heterocycles. The van der Waals surface area contributed by atoms with E-state index in [4.69, 9.17) is 14.0 Å². The summed E-state index contributed by atoms with van der Waals surface area (Å²) in [6.45, 7) is 1.38. The lowest BCUT2D eigenvalue weighted by atomic mass is 10.1. The second kappa shape index (κ2) is 6.06. The summed E-state index contributed by atoms with van der Waals surface area (Å²) in [6, 6.07) is 9.61. The molecular formula is C13H15NO3. The van der Waals surface area contributed by atoms with Crippen molar-refractivity contribution >= 4 is 0 Å². The lowest BCUT2D eigenvalue weighted by Gasteiger charge is -2.05. The standard InChI is InChI=1S/C13H15NO3/c1-15-8-2-9-16-12-5-3-11(4-6-12)13-7-10-17-14-13/h3-7,10H,2,8-9H2,1H3. The van der Waals surface area contributed by atoms with Gasteiger partial charge in [-0.05, 0) is 24.3 Å². The molecule has 0 saturated carbocycles. The third kappa shape index (κ3) is 3.32. The van der Waals surface area contributed by atoms with Crippen molar-refractivity contribution in [2.24, 2.45) is 0 Å². The van der Waals surface area contributed by atoms with E-state index in [-0.39, 0.29) is 0 Å². The van der Waals surface area contributed by atoms with Crippen LogP contribution >= 0.6 is 0 Å². The van der Waals surface area contributed by atoms with Crippen LogP contribution in [-0.4, -0.2) is 25.5 Å². The van der Waals surface area contributed by atoms with Crippen molar-refractivity contribution in [3.63, 3.8) is 0 Å². The minimum atomic E-state index is 0.664. The normalized spacial score (nSPS) is 10.4. The molecule has 0 fully saturated rings. The van der Waals surface area contributed by atoms with Crippen molar-refractivity contribution in [3.05, 3.63) is 36.6 Å². The zero-order valence-electron chi connectivity index (χ0n) is 9.76. The van der Waals surface area contributed by atoms with E-state index < -0.39 is 0 Å². The smallest absolute Gasteiger partial charge is 0.124 e. The second-order valence-corrected chi connectivity index (χ2v) is 3.60. The third-order valence-corrected chi connectivity index (χ3v) is 2.35. The third-order valence-electron chi connectivity index (χ3n) is 2.35. The van der Waals surface area contributed by atoms with Crippen molar-refractivity contribution in [3.8, 4) is 17.0 Å². The van der Waals surface area contributed by atoms with Crippen LogP contribution in [-0.2, 0) is 4.74 Å². The van der Waals surface area contributed by atoms with Crippen molar-refractivity contribution in [1.82, 2.24) is 5.16 Å². The Morgan fingerprint density at radius 2 is 1.94 bits per heavy atom. The molecule has 90 valence electrons. The van der Waals surface area contributed by atoms with Crippen LogP contribution in [0, 0.1) is 0 Å². The molecule has 0 spiro atoms. The summed E-state index contributed by atoms with van der Waals surface area (Å²) >= 11 is 0. The van der Waals surface area contributed by atoms with Gasteiger partial charge in [0.25, 0.3) is 0 Å². The van der Waals surface area contributed by atoms with Crippen LogP contribution in [0.1, 0.15) is 6.42 Å². The van der Waals surface area contributed by atoms with Crippen molar-refractivity contribution < 1.29 is 14.0 Å². The Kier molecular flexibility index (Phi) is 4.16. The Bertz CT molecular complexity index is 422. The number of methoxy groups -OCH3 is 1. The zero-order chi connectivity index (χ0) is 11.9. The molecule has 1 aromatic carbocycles. The molecule has 1 heterocycles. The van der Waals surface area contributed by atoms with Crippen molar-refractivity contribution in [1.29, 1.82) is 0 Å². The Balaban J connectivity index is 1.90. The van der Waals surface area contributed by atoms with Crippen LogP contribution in [0.4, 0.5) is 0 Å². The van der Waals surface area contributed by atoms with Gasteiger partial charge in [0.15, 0.2) is 0 Å². The molecule has 0 bridgehead atoms. The van der Waals surface area contributed by atoms with Gasteiger partial charge in [-0.3, -0.25) is 0 Å². The number of hydrogen-bond donors (Lipinski definition) is 0. The van der Waals surface area contributed by atoms with Gasteiger partial charge in [-0.2, -0.15) is 0 Å². The van der Waals surface area contributed by atoms with Gasteiger partial charge in [0.2, 0.25) is 0 Å². The van der Waals surface area contributed by atoms with E-state index in [1.165, 1.54) is 0 Å². The largest absolute Gasteiger partial charge is 0.494 e. The highest BCUT2D eigenvalue weighted by atomic mass is 16.5. The van der Waals surface area contributed by atoms with E-state index in [0.717, 1.165) is 30.0 Å². The summed E-state index contributed by atoms with van der Waals surface area (Å²) in [5, 5.41) is 3.87. The Labute approximate surface area is 100 Å². The average molecular weight is 233 g/mol. The van der Waals surface area contributed by atoms with Crippen molar-refractivity contribution in [2.75, 3.05) is 20.3 Å². The molecule has 0 N–H and O–H groups in total. The molecule has 2 rings (SSSR count). The molecule has 1 aromatic heterocycles. The first kappa shape index (κ1) is 11.7. The van der Waals surface area contributed by atoms with E-state index in [9.17, 15) is 0 Å². The highest BCUT2D eigenvalue weighted by Crippen LogP contribution is 2.20. The first-order valence-electron chi connectivity index (χ1n) is 5.52. The van der Waals surface area contributed by atoms with E-state index >= 15 is 0 Å². The molecule has 0 radical (unpaired) electrons. The number of benzene rings is 1. The van der Waals surface area contributed by atoms with E-state index in [1.54, 1.807) is 13.4 Å². The highest BCUT2D eigenvalue weighted by molar-refractivity contribution is 5.58. The van der Waals surface area contributed by atoms with Crippen LogP contribution in [0.5, 0.6) is 5.75 Å². The quantitative estimate of drug-likeness (QED) is 0.720. The number of ether oxygens (including phenoxy) is 2. The van der Waals surface area contributed by atoms with Gasteiger partial charge >= 0.3 is 0 Å². The molecule has 0 atom stereocenters. The Morgan fingerprint density at radius 1 is 1.12 bits per heavy atom. The summed E-state index contributed by atoms with van der Waals surface area (Å²) in [7, 11) is 1.69. The monoisotopic (exact) mass is 233 g/mol. The molecule has 17 heavy (non-hydrogen) atoms. The van der Waals surface area contributed by atoms with E-state index in [2.05, 4.69) is 5.16 Å². The van der Waals surface area contributed by atoms with Gasteiger partial charge in [-0.1, -0.05) is 5.16 Å². The maximum absolute atomic E-state index is 5.56. The molecule has 0 amide bonds. The van der Waals surface area contributed by atoms with E-state index in [0.29, 0.717) is 6.61 Å². The molecular weight excluding hydrogens is 218 g/mol. The molecule has 4 nitrogen and oxygen atoms in total. The topological polar surface area (TPSA) is 44.5 Å². The maximum Gasteiger partial charge on any atom is 0.124 e. The van der Waals surface area contributed by atoms with Gasteiger partial charge in [0, 0.05) is 31.8 Å². The highest BCUT2D eigenvalue weighted by Gasteiger charge is 2.01. The molecule has 2 aromatic rings. The summed E-state index contributed by atoms with van der Waals surface area (Å²) < 4.78 is 15.3. The lowest BCUT2D eigenvalue weighted by Crippen LogP contribution is -2.01. The fourth-order valence-electron chi connectivity index (χ4n) is 1.48. The van der Waals surface area contributed by atoms with Crippen LogP contribution < -0.4 is 4.74 Å². The minimum absolute atomic E-state index is 0.664. The SMILES string of the molecule is COCCCOc1ccc(-c2ccon2)cc1. The minimum Gasteiger partial charge on any atom is -0.494 e. The predicted octanol–water partition coefficient (Wildman–Crippen LogP) is 2.76. The summed E-state index contributed by atoms with van der Waals surface area (Å²) in [4.78, 5) is 0. The van der Waals surface area contributed by atoms with Crippen molar-refractivity contribution in [2.45, 2.75) is 6.42 Å². The van der Waals surface area contributed by atoms with Crippen LogP contribution in [0.25, 0.3) is 11.3 Å². The van der Waals surface area contributed by atoms with Gasteiger partial charge in [-0.25, -0.2) is 0 Å². The number of rotatable bonds is 6. The molecule has 0 unspecified atom stereocenters. The lowest BCUT2D eigenvalue weighted by molar-refractivity contribution is 0.172. The van der Waals surface area contributed by atoms with Crippen LogP contribution in [0.2, 0.25) is 0 Å². The second-order valence-electron chi connectivity index (χ2n) is 3.60. The molecule has 0 aliphatic rings. The van der Waals surface area contributed by atoms with Gasteiger partial charge in [-0.15, -0.1) is 0 Å². The fraction of sp³-hybridized carbons (Fsp3) is 0.308. The number of nitrogens with zero attached hydrogens (tertiary/aromatic N) is 1. The first-order chi connectivity index (χ1) is 8.40. The molecule has 0 aliphatic heterocycles. The zero-order valence-corrected chi connectivity index (χ0v) is 9.76. The number of hydrogen-bond acceptors (Lipinski definition) is 4. The maximum atomic E-state index is 5.56. The average Bonchev–Trinajstić information content (AvgIpc) is 2.89. The Hall–Kier alpha value is -1.81. The van der Waals surface area contributed by atoms with Crippen LogP contribution in [0.15, 0.2) is 41.1 Å². The van der Waals surface area contributed by atoms with Gasteiger partial charge < -0.3 is 14.0 Å². The van der Waals surface area contributed by atoms with Gasteiger partial charge in [0.05, 0.1) is 6.61 Å². The molecule has 0 aliphatic carbocycles. The summed E-state index contributed by atoms with van der Waals surface area (Å²) in [6.07, 6.45) is 2.45. The fourth-order valence-corrected chi connectivity index (χ4v) is 1.48. The van der Waals surface area contributed by atoms with E-state index in [1.807, 2.05) is 30.3 Å². The molecule has 4 heteroatoms.